The SMILES string of the molecule is CCOc1nccn2c(CNS(=O)(=O)c3ccc(F)c(Cl)c3)nnc12. The lowest BCUT2D eigenvalue weighted by molar-refractivity contribution is 0.328. The highest BCUT2D eigenvalue weighted by Gasteiger charge is 2.18. The summed E-state index contributed by atoms with van der Waals surface area (Å²) in [6.07, 6.45) is 3.09. The molecular weight excluding hydrogens is 373 g/mol. The van der Waals surface area contributed by atoms with E-state index in [0.717, 1.165) is 18.2 Å². The van der Waals surface area contributed by atoms with Gasteiger partial charge in [0.2, 0.25) is 15.7 Å². The molecule has 0 spiro atoms. The fourth-order valence-corrected chi connectivity index (χ4v) is 3.35. The monoisotopic (exact) mass is 385 g/mol. The van der Waals surface area contributed by atoms with Crippen LogP contribution in [0.5, 0.6) is 5.88 Å². The number of nitrogens with one attached hydrogen (secondary N) is 1. The highest BCUT2D eigenvalue weighted by molar-refractivity contribution is 7.89. The lowest BCUT2D eigenvalue weighted by Crippen LogP contribution is -2.24. The number of rotatable bonds is 6. The third kappa shape index (κ3) is 3.55. The summed E-state index contributed by atoms with van der Waals surface area (Å²) in [7, 11) is -3.89. The van der Waals surface area contributed by atoms with Gasteiger partial charge in [-0.15, -0.1) is 10.2 Å². The molecule has 8 nitrogen and oxygen atoms in total. The molecule has 25 heavy (non-hydrogen) atoms. The Morgan fingerprint density at radius 1 is 1.36 bits per heavy atom. The molecule has 132 valence electrons. The van der Waals surface area contributed by atoms with Crippen molar-refractivity contribution in [2.75, 3.05) is 6.61 Å². The van der Waals surface area contributed by atoms with Gasteiger partial charge in [0.15, 0.2) is 5.82 Å². The Morgan fingerprint density at radius 3 is 2.88 bits per heavy atom. The predicted octanol–water partition coefficient (Wildman–Crippen LogP) is 1.79. The number of sulfonamides is 1. The van der Waals surface area contributed by atoms with E-state index in [0.29, 0.717) is 24.0 Å². The first kappa shape index (κ1) is 17.5. The number of ether oxygens (including phenoxy) is 1. The lowest BCUT2D eigenvalue weighted by Gasteiger charge is -2.07. The van der Waals surface area contributed by atoms with Gasteiger partial charge in [0, 0.05) is 12.4 Å². The summed E-state index contributed by atoms with van der Waals surface area (Å²) in [4.78, 5) is 3.90. The topological polar surface area (TPSA) is 98.5 Å². The first-order valence-electron chi connectivity index (χ1n) is 7.18. The normalized spacial score (nSPS) is 11.8. The molecule has 2 aromatic heterocycles. The number of halogens is 2. The number of aromatic nitrogens is 4. The van der Waals surface area contributed by atoms with E-state index >= 15 is 0 Å². The molecule has 0 atom stereocenters. The van der Waals surface area contributed by atoms with Crippen molar-refractivity contribution >= 4 is 27.3 Å². The van der Waals surface area contributed by atoms with Crippen LogP contribution in [0.3, 0.4) is 0 Å². The number of benzene rings is 1. The summed E-state index contributed by atoms with van der Waals surface area (Å²) in [5.74, 6) is -0.0490. The molecule has 2 heterocycles. The molecule has 0 amide bonds. The second-order valence-electron chi connectivity index (χ2n) is 4.88. The zero-order valence-corrected chi connectivity index (χ0v) is 14.6. The molecule has 0 radical (unpaired) electrons. The second kappa shape index (κ2) is 6.90. The van der Waals surface area contributed by atoms with Crippen molar-refractivity contribution in [3.8, 4) is 5.88 Å². The smallest absolute Gasteiger partial charge is 0.260 e. The highest BCUT2D eigenvalue weighted by Crippen LogP contribution is 2.20. The quantitative estimate of drug-likeness (QED) is 0.694. The van der Waals surface area contributed by atoms with Crippen LogP contribution < -0.4 is 9.46 Å². The zero-order valence-electron chi connectivity index (χ0n) is 13.0. The molecular formula is C14H13ClFN5O3S. The van der Waals surface area contributed by atoms with Crippen molar-refractivity contribution in [2.45, 2.75) is 18.4 Å². The lowest BCUT2D eigenvalue weighted by atomic mass is 10.3. The van der Waals surface area contributed by atoms with E-state index in [-0.39, 0.29) is 16.5 Å². The van der Waals surface area contributed by atoms with Gasteiger partial charge in [0.1, 0.15) is 5.82 Å². The minimum Gasteiger partial charge on any atom is -0.475 e. The van der Waals surface area contributed by atoms with Gasteiger partial charge >= 0.3 is 0 Å². The van der Waals surface area contributed by atoms with Crippen LogP contribution in [0.15, 0.2) is 35.5 Å². The Balaban J connectivity index is 1.84. The number of hydrogen-bond donors (Lipinski definition) is 1. The third-order valence-electron chi connectivity index (χ3n) is 3.27. The maximum atomic E-state index is 13.2. The summed E-state index contributed by atoms with van der Waals surface area (Å²) in [5.41, 5.74) is 0.378. The highest BCUT2D eigenvalue weighted by atomic mass is 35.5. The van der Waals surface area contributed by atoms with Crippen molar-refractivity contribution in [3.05, 3.63) is 47.3 Å². The van der Waals surface area contributed by atoms with Crippen LogP contribution in [0.4, 0.5) is 4.39 Å². The molecule has 0 aliphatic carbocycles. The second-order valence-corrected chi connectivity index (χ2v) is 7.05. The van der Waals surface area contributed by atoms with Gasteiger partial charge in [-0.2, -0.15) is 0 Å². The Hall–Kier alpha value is -2.30. The van der Waals surface area contributed by atoms with Crippen molar-refractivity contribution in [3.63, 3.8) is 0 Å². The van der Waals surface area contributed by atoms with E-state index < -0.39 is 15.8 Å². The van der Waals surface area contributed by atoms with E-state index in [9.17, 15) is 12.8 Å². The third-order valence-corrected chi connectivity index (χ3v) is 4.96. The predicted molar refractivity (Wildman–Crippen MR) is 87.4 cm³/mol. The maximum absolute atomic E-state index is 13.2. The molecule has 0 bridgehead atoms. The molecule has 1 aromatic carbocycles. The number of hydrogen-bond acceptors (Lipinski definition) is 6. The summed E-state index contributed by atoms with van der Waals surface area (Å²) in [5, 5.41) is 7.63. The van der Waals surface area contributed by atoms with Gasteiger partial charge in [-0.3, -0.25) is 4.40 Å². The van der Waals surface area contributed by atoms with Crippen LogP contribution in [-0.2, 0) is 16.6 Å². The van der Waals surface area contributed by atoms with Crippen LogP contribution in [0.1, 0.15) is 12.7 Å². The van der Waals surface area contributed by atoms with Crippen molar-refractivity contribution in [1.29, 1.82) is 0 Å². The van der Waals surface area contributed by atoms with Gasteiger partial charge in [-0.05, 0) is 25.1 Å². The van der Waals surface area contributed by atoms with E-state index in [1.54, 1.807) is 10.6 Å². The average Bonchev–Trinajstić information content (AvgIpc) is 3.00. The average molecular weight is 386 g/mol. The Labute approximate surface area is 147 Å². The standard InChI is InChI=1S/C14H13ClFN5O3S/c1-2-24-14-13-20-19-12(21(13)6-5-17-14)8-18-25(22,23)9-3-4-11(16)10(15)7-9/h3-7,18H,2,8H2,1H3. The maximum Gasteiger partial charge on any atom is 0.260 e. The number of fused-ring (bicyclic) bond motifs is 1. The van der Waals surface area contributed by atoms with E-state index in [1.807, 2.05) is 6.92 Å². The summed E-state index contributed by atoms with van der Waals surface area (Å²) in [6, 6.07) is 3.16. The van der Waals surface area contributed by atoms with Gasteiger partial charge < -0.3 is 4.74 Å². The zero-order chi connectivity index (χ0) is 18.0. The fraction of sp³-hybridized carbons (Fsp3) is 0.214. The van der Waals surface area contributed by atoms with Crippen molar-refractivity contribution in [1.82, 2.24) is 24.3 Å². The minimum atomic E-state index is -3.89. The van der Waals surface area contributed by atoms with Crippen LogP contribution in [0.25, 0.3) is 5.65 Å². The largest absolute Gasteiger partial charge is 0.475 e. The first-order valence-corrected chi connectivity index (χ1v) is 9.04. The molecule has 0 aliphatic heterocycles. The van der Waals surface area contributed by atoms with Gasteiger partial charge in [0.05, 0.1) is 23.1 Å². The molecule has 3 rings (SSSR count). The molecule has 1 N–H and O–H groups in total. The summed E-state index contributed by atoms with van der Waals surface area (Å²) >= 11 is 5.63. The molecule has 0 saturated heterocycles. The van der Waals surface area contributed by atoms with E-state index in [2.05, 4.69) is 19.9 Å². The molecule has 0 fully saturated rings. The van der Waals surface area contributed by atoms with E-state index in [4.69, 9.17) is 16.3 Å². The van der Waals surface area contributed by atoms with Gasteiger partial charge in [-0.25, -0.2) is 22.5 Å². The van der Waals surface area contributed by atoms with Crippen molar-refractivity contribution in [2.24, 2.45) is 0 Å². The Kier molecular flexibility index (Phi) is 4.84. The van der Waals surface area contributed by atoms with Gasteiger partial charge in [0.25, 0.3) is 5.88 Å². The van der Waals surface area contributed by atoms with E-state index in [1.165, 1.54) is 6.20 Å². The molecule has 11 heteroatoms. The van der Waals surface area contributed by atoms with Crippen LogP contribution in [-0.4, -0.2) is 34.6 Å². The molecule has 0 aliphatic rings. The van der Waals surface area contributed by atoms with Crippen molar-refractivity contribution < 1.29 is 17.5 Å². The fourth-order valence-electron chi connectivity index (χ4n) is 2.10. The minimum absolute atomic E-state index is 0.131. The Morgan fingerprint density at radius 2 is 2.16 bits per heavy atom. The summed E-state index contributed by atoms with van der Waals surface area (Å²) < 4.78 is 47.1. The number of nitrogens with zero attached hydrogens (tertiary/aromatic N) is 4. The Bertz CT molecular complexity index is 1020. The molecule has 3 aromatic rings. The van der Waals surface area contributed by atoms with Crippen LogP contribution in [0, 0.1) is 5.82 Å². The van der Waals surface area contributed by atoms with Crippen LogP contribution >= 0.6 is 11.6 Å². The summed E-state index contributed by atoms with van der Waals surface area (Å²) in [6.45, 7) is 2.09. The van der Waals surface area contributed by atoms with Gasteiger partial charge in [-0.1, -0.05) is 11.6 Å². The molecule has 0 saturated carbocycles. The van der Waals surface area contributed by atoms with Crippen LogP contribution in [0.2, 0.25) is 5.02 Å². The molecule has 0 unspecified atom stereocenters. The first-order chi connectivity index (χ1) is 11.9.